The highest BCUT2D eigenvalue weighted by molar-refractivity contribution is 14.0. The molecule has 28 heavy (non-hydrogen) atoms. The van der Waals surface area contributed by atoms with Crippen LogP contribution in [0.2, 0.25) is 0 Å². The average Bonchev–Trinajstić information content (AvgIpc) is 3.33. The van der Waals surface area contributed by atoms with Gasteiger partial charge in [0, 0.05) is 30.9 Å². The summed E-state index contributed by atoms with van der Waals surface area (Å²) < 4.78 is 1.97. The number of hydrogen-bond donors (Lipinski definition) is 2. The molecule has 1 saturated heterocycles. The molecule has 0 spiro atoms. The van der Waals surface area contributed by atoms with Crippen LogP contribution >= 0.6 is 24.0 Å². The van der Waals surface area contributed by atoms with Crippen molar-refractivity contribution in [2.45, 2.75) is 45.8 Å². The maximum atomic E-state index is 4.74. The molecule has 1 atom stereocenters. The van der Waals surface area contributed by atoms with Crippen molar-refractivity contribution < 1.29 is 0 Å². The third-order valence-corrected chi connectivity index (χ3v) is 5.05. The summed E-state index contributed by atoms with van der Waals surface area (Å²) in [6.07, 6.45) is 6.56. The second kappa shape index (κ2) is 12.1. The molecular weight excluding hydrogens is 463 g/mol. The highest BCUT2D eigenvalue weighted by Crippen LogP contribution is 2.15. The van der Waals surface area contributed by atoms with Crippen LogP contribution in [0, 0.1) is 0 Å². The number of rotatable bonds is 8. The lowest BCUT2D eigenvalue weighted by atomic mass is 10.2. The van der Waals surface area contributed by atoms with Crippen LogP contribution in [0.15, 0.2) is 47.7 Å². The zero-order valence-electron chi connectivity index (χ0n) is 17.0. The molecule has 6 nitrogen and oxygen atoms in total. The summed E-state index contributed by atoms with van der Waals surface area (Å²) in [4.78, 5) is 7.28. The molecule has 0 radical (unpaired) electrons. The van der Waals surface area contributed by atoms with Gasteiger partial charge in [-0.2, -0.15) is 5.10 Å². The summed E-state index contributed by atoms with van der Waals surface area (Å²) in [5.41, 5.74) is 2.38. The summed E-state index contributed by atoms with van der Waals surface area (Å²) >= 11 is 0. The van der Waals surface area contributed by atoms with Crippen LogP contribution < -0.4 is 10.6 Å². The molecule has 0 aliphatic carbocycles. The van der Waals surface area contributed by atoms with Crippen LogP contribution in [0.25, 0.3) is 0 Å². The van der Waals surface area contributed by atoms with Crippen LogP contribution in [0.4, 0.5) is 0 Å². The number of halogens is 1. The lowest BCUT2D eigenvalue weighted by Gasteiger charge is -2.23. The predicted octanol–water partition coefficient (Wildman–Crippen LogP) is 3.09. The van der Waals surface area contributed by atoms with Gasteiger partial charge in [-0.25, -0.2) is 4.99 Å². The maximum absolute atomic E-state index is 4.74. The number of likely N-dealkylation sites (tertiary alicyclic amines) is 1. The van der Waals surface area contributed by atoms with E-state index in [2.05, 4.69) is 64.9 Å². The van der Waals surface area contributed by atoms with E-state index in [1.807, 2.05) is 16.9 Å². The van der Waals surface area contributed by atoms with Crippen LogP contribution in [-0.4, -0.2) is 52.9 Å². The van der Waals surface area contributed by atoms with E-state index in [0.717, 1.165) is 37.7 Å². The highest BCUT2D eigenvalue weighted by atomic mass is 127. The van der Waals surface area contributed by atoms with Crippen molar-refractivity contribution in [3.8, 4) is 0 Å². The largest absolute Gasteiger partial charge is 0.357 e. The van der Waals surface area contributed by atoms with Crippen LogP contribution in [-0.2, 0) is 13.1 Å². The van der Waals surface area contributed by atoms with E-state index in [1.54, 1.807) is 0 Å². The fourth-order valence-electron chi connectivity index (χ4n) is 3.61. The Morgan fingerprint density at radius 3 is 2.75 bits per heavy atom. The van der Waals surface area contributed by atoms with E-state index in [-0.39, 0.29) is 24.0 Å². The SMILES string of the molecule is CCNC(=NCc1cnn(Cc2ccccc2)c1)NCC1CCCN1CC.I. The van der Waals surface area contributed by atoms with Crippen molar-refractivity contribution in [3.63, 3.8) is 0 Å². The molecule has 1 aromatic carbocycles. The zero-order chi connectivity index (χ0) is 18.9. The number of benzene rings is 1. The Hall–Kier alpha value is -1.61. The van der Waals surface area contributed by atoms with Gasteiger partial charge in [-0.1, -0.05) is 37.3 Å². The van der Waals surface area contributed by atoms with Gasteiger partial charge >= 0.3 is 0 Å². The molecule has 2 N–H and O–H groups in total. The smallest absolute Gasteiger partial charge is 0.191 e. The third kappa shape index (κ3) is 6.77. The molecule has 0 amide bonds. The van der Waals surface area contributed by atoms with E-state index in [1.165, 1.54) is 24.9 Å². The fraction of sp³-hybridized carbons (Fsp3) is 0.524. The van der Waals surface area contributed by atoms with E-state index in [0.29, 0.717) is 12.6 Å². The first-order valence-corrected chi connectivity index (χ1v) is 10.1. The summed E-state index contributed by atoms with van der Waals surface area (Å²) in [5.74, 6) is 0.885. The van der Waals surface area contributed by atoms with Crippen molar-refractivity contribution in [2.24, 2.45) is 4.99 Å². The van der Waals surface area contributed by atoms with Gasteiger partial charge in [-0.3, -0.25) is 9.58 Å². The number of aliphatic imine (C=N–C) groups is 1. The Morgan fingerprint density at radius 2 is 2.00 bits per heavy atom. The summed E-state index contributed by atoms with van der Waals surface area (Å²) in [7, 11) is 0. The summed E-state index contributed by atoms with van der Waals surface area (Å²) in [5, 5.41) is 11.3. The minimum atomic E-state index is 0. The van der Waals surface area contributed by atoms with Crippen molar-refractivity contribution in [3.05, 3.63) is 53.9 Å². The van der Waals surface area contributed by atoms with Gasteiger partial charge in [0.15, 0.2) is 5.96 Å². The van der Waals surface area contributed by atoms with Gasteiger partial charge in [-0.15, -0.1) is 24.0 Å². The molecule has 2 aromatic rings. The number of nitrogens with one attached hydrogen (secondary N) is 2. The van der Waals surface area contributed by atoms with Gasteiger partial charge in [0.25, 0.3) is 0 Å². The molecule has 0 saturated carbocycles. The fourth-order valence-corrected chi connectivity index (χ4v) is 3.61. The maximum Gasteiger partial charge on any atom is 0.191 e. The van der Waals surface area contributed by atoms with Gasteiger partial charge in [0.2, 0.25) is 0 Å². The molecule has 1 fully saturated rings. The first-order valence-electron chi connectivity index (χ1n) is 10.1. The first kappa shape index (κ1) is 22.7. The number of aromatic nitrogens is 2. The molecule has 1 aliphatic rings. The Balaban J connectivity index is 0.00000280. The molecule has 154 valence electrons. The number of likely N-dealkylation sites (N-methyl/N-ethyl adjacent to an activating group) is 1. The Kier molecular flexibility index (Phi) is 9.77. The second-order valence-electron chi connectivity index (χ2n) is 7.03. The lowest BCUT2D eigenvalue weighted by molar-refractivity contribution is 0.267. The predicted molar refractivity (Wildman–Crippen MR) is 126 cm³/mol. The molecule has 2 heterocycles. The van der Waals surface area contributed by atoms with E-state index in [4.69, 9.17) is 4.99 Å². The minimum Gasteiger partial charge on any atom is -0.357 e. The number of hydrogen-bond acceptors (Lipinski definition) is 3. The topological polar surface area (TPSA) is 57.5 Å². The lowest BCUT2D eigenvalue weighted by Crippen LogP contribution is -2.44. The molecule has 1 aromatic heterocycles. The van der Waals surface area contributed by atoms with E-state index < -0.39 is 0 Å². The normalized spacial score (nSPS) is 17.4. The Labute approximate surface area is 185 Å². The van der Waals surface area contributed by atoms with Gasteiger partial charge in [-0.05, 0) is 38.4 Å². The second-order valence-corrected chi connectivity index (χ2v) is 7.03. The highest BCUT2D eigenvalue weighted by Gasteiger charge is 2.22. The monoisotopic (exact) mass is 496 g/mol. The Morgan fingerprint density at radius 1 is 1.18 bits per heavy atom. The van der Waals surface area contributed by atoms with Crippen LogP contribution in [0.1, 0.15) is 37.8 Å². The average molecular weight is 496 g/mol. The standard InChI is InChI=1S/C21H32N6.HI/c1-3-22-21(24-15-20-11-8-12-26(20)4-2)23-13-19-14-25-27(17-19)16-18-9-6-5-7-10-18;/h5-7,9-10,14,17,20H,3-4,8,11-13,15-16H2,1-2H3,(H2,22,23,24);1H. The van der Waals surface area contributed by atoms with Crippen molar-refractivity contribution in [1.82, 2.24) is 25.3 Å². The van der Waals surface area contributed by atoms with Gasteiger partial charge in [0.1, 0.15) is 0 Å². The van der Waals surface area contributed by atoms with Crippen molar-refractivity contribution >= 4 is 29.9 Å². The number of guanidine groups is 1. The van der Waals surface area contributed by atoms with E-state index in [9.17, 15) is 0 Å². The van der Waals surface area contributed by atoms with Crippen LogP contribution in [0.3, 0.4) is 0 Å². The van der Waals surface area contributed by atoms with Crippen molar-refractivity contribution in [2.75, 3.05) is 26.2 Å². The van der Waals surface area contributed by atoms with Crippen LogP contribution in [0.5, 0.6) is 0 Å². The molecule has 0 bridgehead atoms. The molecule has 7 heteroatoms. The quantitative estimate of drug-likeness (QED) is 0.335. The Bertz CT molecular complexity index is 715. The van der Waals surface area contributed by atoms with Crippen molar-refractivity contribution in [1.29, 1.82) is 0 Å². The summed E-state index contributed by atoms with van der Waals surface area (Å²) in [6, 6.07) is 11.0. The molecular formula is C21H33IN6. The number of nitrogens with zero attached hydrogens (tertiary/aromatic N) is 4. The van der Waals surface area contributed by atoms with Gasteiger partial charge in [0.05, 0.1) is 19.3 Å². The van der Waals surface area contributed by atoms with E-state index >= 15 is 0 Å². The third-order valence-electron chi connectivity index (χ3n) is 5.05. The molecule has 1 aliphatic heterocycles. The van der Waals surface area contributed by atoms with Gasteiger partial charge < -0.3 is 10.6 Å². The summed E-state index contributed by atoms with van der Waals surface area (Å²) in [6.45, 7) is 9.92. The minimum absolute atomic E-state index is 0. The first-order chi connectivity index (χ1) is 13.3. The molecule has 3 rings (SSSR count). The zero-order valence-corrected chi connectivity index (χ0v) is 19.3. The molecule has 1 unspecified atom stereocenters.